The van der Waals surface area contributed by atoms with Crippen LogP contribution >= 0.6 is 7.82 Å². The van der Waals surface area contributed by atoms with Crippen molar-refractivity contribution >= 4 is 7.82 Å². The van der Waals surface area contributed by atoms with E-state index in [4.69, 9.17) is 19.2 Å². The smallest absolute Gasteiger partial charge is 0.822 e. The van der Waals surface area contributed by atoms with E-state index < -0.39 is 7.82 Å². The maximum Gasteiger partial charge on any atom is 1.00 e. The molecule has 0 aliphatic heterocycles. The average Bonchev–Trinajstić information content (AvgIpc) is 0.722. The average molecular weight is 308 g/mol. The number of hydrogen-bond donors (Lipinski definition) is 0. The molecule has 16 heteroatoms. The van der Waals surface area contributed by atoms with Gasteiger partial charge >= 0.3 is 88.7 Å². The Labute approximate surface area is 157 Å². The molecule has 96 valence electrons. The molecule has 0 atom stereocenters. The molecule has 0 amide bonds. The second-order valence-electron chi connectivity index (χ2n) is 0.447. The van der Waals surface area contributed by atoms with Crippen LogP contribution in [-0.2, 0) is 4.57 Å². The minimum absolute atomic E-state index is 0. The van der Waals surface area contributed by atoms with Crippen LogP contribution in [-0.4, -0.2) is 43.8 Å². The molecular weight excluding hydrogens is 292 g/mol. The molecule has 0 rings (SSSR count). The molecule has 0 bridgehead atoms. The summed E-state index contributed by atoms with van der Waals surface area (Å²) in [6.45, 7) is 0. The van der Waals surface area contributed by atoms with Crippen LogP contribution < -0.4 is 103 Å². The Bertz CT molecular complexity index is 62.4. The normalized spacial score (nSPS) is 3.69. The maximum absolute atomic E-state index is 8.55. The Balaban J connectivity index is -0.00000000145. The van der Waals surface area contributed by atoms with Crippen LogP contribution in [0.3, 0.4) is 0 Å². The van der Waals surface area contributed by atoms with Gasteiger partial charge in [0.05, 0.1) is 0 Å². The zero-order chi connectivity index (χ0) is 4.50. The molecule has 0 aromatic carbocycles. The molecule has 0 radical (unpaired) electrons. The van der Waals surface area contributed by atoms with Crippen LogP contribution in [0.25, 0.3) is 0 Å². The minimum atomic E-state index is -5.39. The first-order valence-corrected chi connectivity index (χ1v) is 2.19. The van der Waals surface area contributed by atoms with E-state index in [2.05, 4.69) is 0 Å². The van der Waals surface area contributed by atoms with Crippen molar-refractivity contribution < 1.29 is 152 Å². The van der Waals surface area contributed by atoms with Crippen molar-refractivity contribution in [2.75, 3.05) is 0 Å². The van der Waals surface area contributed by atoms with Crippen molar-refractivity contribution in [2.45, 2.75) is 0 Å². The van der Waals surface area contributed by atoms with E-state index in [9.17, 15) is 0 Å². The van der Waals surface area contributed by atoms with Crippen LogP contribution in [0.2, 0.25) is 0 Å². The van der Waals surface area contributed by atoms with Crippen molar-refractivity contribution in [1.82, 2.24) is 0 Å². The number of rotatable bonds is 0. The third kappa shape index (κ3) is 538. The molecule has 0 saturated carbocycles. The summed E-state index contributed by atoms with van der Waals surface area (Å²) in [4.78, 5) is 25.6. The molecule has 0 aromatic heterocycles. The molecule has 0 fully saturated rings. The van der Waals surface area contributed by atoms with Gasteiger partial charge in [0.1, 0.15) is 0 Å². The van der Waals surface area contributed by atoms with Gasteiger partial charge in [0, 0.05) is 0 Å². The summed E-state index contributed by atoms with van der Waals surface area (Å²) in [5.74, 6) is 0. The fourth-order valence-corrected chi connectivity index (χ4v) is 0. The van der Waals surface area contributed by atoms with E-state index in [1.165, 1.54) is 0 Å². The maximum atomic E-state index is 8.55. The molecule has 12 nitrogen and oxygen atoms in total. The van der Waals surface area contributed by atoms with Crippen molar-refractivity contribution in [2.24, 2.45) is 0 Å². The largest absolute Gasteiger partial charge is 1.00 e. The molecule has 0 saturated heterocycles. The molecule has 16 heavy (non-hydrogen) atoms. The van der Waals surface area contributed by atoms with Crippen molar-refractivity contribution in [3.63, 3.8) is 0 Å². The summed E-state index contributed by atoms with van der Waals surface area (Å²) in [7, 11) is -5.39. The summed E-state index contributed by atoms with van der Waals surface area (Å²) >= 11 is 0. The summed E-state index contributed by atoms with van der Waals surface area (Å²) in [6.07, 6.45) is 0. The Kier molecular flexibility index (Phi) is 523. The van der Waals surface area contributed by atoms with Crippen molar-refractivity contribution in [3.8, 4) is 0 Å². The SMILES string of the molecule is O.O.O.O.O.O.O.O.O=P([O-])([O-])[O-].[Na+].[Na+].[Na+]. The van der Waals surface area contributed by atoms with Gasteiger partial charge in [-0.15, -0.1) is 0 Å². The molecule has 0 aliphatic carbocycles. The van der Waals surface area contributed by atoms with Crippen molar-refractivity contribution in [3.05, 3.63) is 0 Å². The quantitative estimate of drug-likeness (QED) is 0.310. The zero-order valence-corrected chi connectivity index (χ0v) is 16.0. The van der Waals surface area contributed by atoms with Crippen LogP contribution in [0.4, 0.5) is 0 Å². The zero-order valence-electron chi connectivity index (χ0n) is 9.08. The summed E-state index contributed by atoms with van der Waals surface area (Å²) in [6, 6.07) is 0. The summed E-state index contributed by atoms with van der Waals surface area (Å²) < 4.78 is 8.55. The summed E-state index contributed by atoms with van der Waals surface area (Å²) in [5.41, 5.74) is 0. The van der Waals surface area contributed by atoms with Gasteiger partial charge in [0.2, 0.25) is 0 Å². The number of hydrogen-bond acceptors (Lipinski definition) is 4. The minimum Gasteiger partial charge on any atom is -0.822 e. The van der Waals surface area contributed by atoms with Gasteiger partial charge in [-0.3, -0.25) is 0 Å². The Morgan fingerprint density at radius 1 is 0.500 bits per heavy atom. The molecule has 16 N–H and O–H groups in total. The topological polar surface area (TPSA) is 338 Å². The van der Waals surface area contributed by atoms with Gasteiger partial charge in [-0.2, -0.15) is 7.82 Å². The molecule has 0 unspecified atom stereocenters. The number of phosphoric acid groups is 1. The van der Waals surface area contributed by atoms with Gasteiger partial charge in [-0.05, 0) is 0 Å². The molecular formula is H16Na3O12P. The van der Waals surface area contributed by atoms with Crippen LogP contribution in [0.5, 0.6) is 0 Å². The van der Waals surface area contributed by atoms with Gasteiger partial charge in [0.15, 0.2) is 0 Å². The standard InChI is InChI=1S/3Na.H3O4P.8H2O/c;;;1-5(2,3)4;;;;;;;;/h;;;(H3,1,2,3,4);8*1H2/q3*+1;;;;;;;;;/p-3. The van der Waals surface area contributed by atoms with E-state index in [-0.39, 0.29) is 132 Å². The predicted molar refractivity (Wildman–Crippen MR) is 36.5 cm³/mol. The summed E-state index contributed by atoms with van der Waals surface area (Å²) in [5, 5.41) is 0. The van der Waals surface area contributed by atoms with Gasteiger partial charge in [-0.25, -0.2) is 0 Å². The monoisotopic (exact) mass is 308 g/mol. The second kappa shape index (κ2) is 64.9. The van der Waals surface area contributed by atoms with Gasteiger partial charge < -0.3 is 63.1 Å². The Hall–Kier alpha value is 2.79. The predicted octanol–water partition coefficient (Wildman–Crippen LogP) is -18.4. The third-order valence-corrected chi connectivity index (χ3v) is 0. The van der Waals surface area contributed by atoms with E-state index >= 15 is 0 Å². The third-order valence-electron chi connectivity index (χ3n) is 0. The Morgan fingerprint density at radius 3 is 0.500 bits per heavy atom. The molecule has 0 aromatic rings. The fourth-order valence-electron chi connectivity index (χ4n) is 0. The van der Waals surface area contributed by atoms with E-state index in [1.54, 1.807) is 0 Å². The fraction of sp³-hybridized carbons (Fsp3) is 0. The molecule has 0 aliphatic rings. The van der Waals surface area contributed by atoms with Crippen molar-refractivity contribution in [1.29, 1.82) is 0 Å². The van der Waals surface area contributed by atoms with E-state index in [0.717, 1.165) is 0 Å². The van der Waals surface area contributed by atoms with E-state index in [1.807, 2.05) is 0 Å². The van der Waals surface area contributed by atoms with Crippen LogP contribution in [0, 0.1) is 0 Å². The van der Waals surface area contributed by atoms with Gasteiger partial charge in [-0.1, -0.05) is 0 Å². The first-order chi connectivity index (χ1) is 2.00. The Morgan fingerprint density at radius 2 is 0.500 bits per heavy atom. The van der Waals surface area contributed by atoms with Gasteiger partial charge in [0.25, 0.3) is 0 Å². The molecule has 0 heterocycles. The van der Waals surface area contributed by atoms with Crippen LogP contribution in [0.15, 0.2) is 0 Å². The molecule has 0 spiro atoms. The first-order valence-electron chi connectivity index (χ1n) is 0.730. The second-order valence-corrected chi connectivity index (χ2v) is 1.34. The van der Waals surface area contributed by atoms with Crippen LogP contribution in [0.1, 0.15) is 0 Å². The first kappa shape index (κ1) is 129. The van der Waals surface area contributed by atoms with E-state index in [0.29, 0.717) is 0 Å².